The molecule has 3 aromatic rings. The van der Waals surface area contributed by atoms with Crippen LogP contribution in [0.4, 0.5) is 9.59 Å². The number of alkyl halides is 4. The van der Waals surface area contributed by atoms with Gasteiger partial charge in [0.15, 0.2) is 0 Å². The summed E-state index contributed by atoms with van der Waals surface area (Å²) >= 11 is 23.3. The highest BCUT2D eigenvalue weighted by Gasteiger charge is 2.18. The average molecular weight is 652 g/mol. The molecule has 0 aromatic heterocycles. The number of hydrogen-bond donors (Lipinski definition) is 0. The number of rotatable bonds is 14. The van der Waals surface area contributed by atoms with Crippen molar-refractivity contribution in [3.05, 3.63) is 95.6 Å². The second kappa shape index (κ2) is 17.9. The monoisotopic (exact) mass is 650 g/mol. The smallest absolute Gasteiger partial charge is 0.410 e. The van der Waals surface area contributed by atoms with E-state index in [-0.39, 0.29) is 23.5 Å². The van der Waals surface area contributed by atoms with Crippen LogP contribution in [0.3, 0.4) is 0 Å². The van der Waals surface area contributed by atoms with Crippen molar-refractivity contribution in [1.29, 1.82) is 0 Å². The standard InChI is InChI=1S/C32H34Cl4N2O4/c1-2-29(24-6-4-3-5-7-24)30(25-8-12-27(13-9-25)41-31(39)37(20-16-33)21-17-34)26-10-14-28(15-11-26)42-32(40)38(22-18-35)23-19-36/h3-15H,2,16-23H2,1H3. The zero-order valence-corrected chi connectivity index (χ0v) is 26.4. The van der Waals surface area contributed by atoms with Gasteiger partial charge in [0, 0.05) is 49.7 Å². The first kappa shape index (κ1) is 33.6. The van der Waals surface area contributed by atoms with Gasteiger partial charge in [0.2, 0.25) is 0 Å². The van der Waals surface area contributed by atoms with E-state index in [0.29, 0.717) is 37.7 Å². The lowest BCUT2D eigenvalue weighted by Gasteiger charge is -2.21. The van der Waals surface area contributed by atoms with E-state index in [1.54, 1.807) is 24.3 Å². The molecule has 3 aromatic carbocycles. The van der Waals surface area contributed by atoms with Crippen LogP contribution in [0.1, 0.15) is 30.0 Å². The van der Waals surface area contributed by atoms with Gasteiger partial charge >= 0.3 is 12.2 Å². The molecular weight excluding hydrogens is 618 g/mol. The number of halogens is 4. The highest BCUT2D eigenvalue weighted by Crippen LogP contribution is 2.35. The number of hydrogen-bond acceptors (Lipinski definition) is 4. The Morgan fingerprint density at radius 3 is 1.29 bits per heavy atom. The summed E-state index contributed by atoms with van der Waals surface area (Å²) in [5.74, 6) is 1.97. The van der Waals surface area contributed by atoms with Gasteiger partial charge in [0.25, 0.3) is 0 Å². The van der Waals surface area contributed by atoms with Gasteiger partial charge < -0.3 is 19.3 Å². The quantitative estimate of drug-likeness (QED) is 0.129. The minimum Gasteiger partial charge on any atom is -0.410 e. The number of benzene rings is 3. The maximum absolute atomic E-state index is 12.6. The Bertz CT molecular complexity index is 1210. The van der Waals surface area contributed by atoms with Crippen LogP contribution in [-0.4, -0.2) is 71.7 Å². The van der Waals surface area contributed by atoms with Crippen LogP contribution in [0.15, 0.2) is 78.9 Å². The fourth-order valence-corrected chi connectivity index (χ4v) is 5.20. The largest absolute Gasteiger partial charge is 0.415 e. The van der Waals surface area contributed by atoms with E-state index in [1.165, 1.54) is 9.80 Å². The van der Waals surface area contributed by atoms with Crippen LogP contribution >= 0.6 is 46.4 Å². The first-order chi connectivity index (χ1) is 20.4. The Morgan fingerprint density at radius 2 is 0.952 bits per heavy atom. The lowest BCUT2D eigenvalue weighted by Crippen LogP contribution is -2.36. The Hall–Kier alpha value is -2.90. The third kappa shape index (κ3) is 9.56. The molecule has 2 amide bonds. The zero-order valence-electron chi connectivity index (χ0n) is 23.4. The minimum atomic E-state index is -0.501. The molecule has 0 atom stereocenters. The van der Waals surface area contributed by atoms with Gasteiger partial charge in [0.05, 0.1) is 0 Å². The number of carbonyl (C=O) groups is 2. The van der Waals surface area contributed by atoms with Gasteiger partial charge in [0.1, 0.15) is 11.5 Å². The molecule has 0 fully saturated rings. The summed E-state index contributed by atoms with van der Waals surface area (Å²) < 4.78 is 11.2. The van der Waals surface area contributed by atoms with E-state index in [2.05, 4.69) is 19.1 Å². The van der Waals surface area contributed by atoms with E-state index in [9.17, 15) is 9.59 Å². The fourth-order valence-electron chi connectivity index (χ4n) is 4.39. The Balaban J connectivity index is 1.94. The maximum Gasteiger partial charge on any atom is 0.415 e. The fraction of sp³-hybridized carbons (Fsp3) is 0.312. The molecule has 3 rings (SSSR count). The van der Waals surface area contributed by atoms with E-state index >= 15 is 0 Å². The molecule has 224 valence electrons. The molecule has 10 heteroatoms. The lowest BCUT2D eigenvalue weighted by atomic mass is 9.88. The molecule has 0 unspecified atom stereocenters. The Morgan fingerprint density at radius 1 is 0.571 bits per heavy atom. The average Bonchev–Trinajstić information content (AvgIpc) is 3.01. The van der Waals surface area contributed by atoms with Gasteiger partial charge in [-0.2, -0.15) is 0 Å². The van der Waals surface area contributed by atoms with Crippen LogP contribution in [0.5, 0.6) is 11.5 Å². The number of carbonyl (C=O) groups excluding carboxylic acids is 2. The van der Waals surface area contributed by atoms with Crippen molar-refractivity contribution >= 4 is 69.7 Å². The van der Waals surface area contributed by atoms with Crippen molar-refractivity contribution < 1.29 is 19.1 Å². The molecule has 0 aliphatic heterocycles. The van der Waals surface area contributed by atoms with Crippen molar-refractivity contribution in [3.8, 4) is 11.5 Å². The molecule has 42 heavy (non-hydrogen) atoms. The lowest BCUT2D eigenvalue weighted by molar-refractivity contribution is 0.157. The number of ether oxygens (including phenoxy) is 2. The second-order valence-electron chi connectivity index (χ2n) is 9.09. The van der Waals surface area contributed by atoms with E-state index in [4.69, 9.17) is 55.9 Å². The molecule has 6 nitrogen and oxygen atoms in total. The predicted molar refractivity (Wildman–Crippen MR) is 174 cm³/mol. The predicted octanol–water partition coefficient (Wildman–Crippen LogP) is 8.61. The molecule has 0 N–H and O–H groups in total. The number of amides is 2. The van der Waals surface area contributed by atoms with Crippen molar-refractivity contribution in [2.75, 3.05) is 49.7 Å². The normalized spacial score (nSPS) is 10.6. The third-order valence-corrected chi connectivity index (χ3v) is 7.08. The first-order valence-electron chi connectivity index (χ1n) is 13.6. The molecule has 0 bridgehead atoms. The van der Waals surface area contributed by atoms with Crippen molar-refractivity contribution in [2.24, 2.45) is 0 Å². The van der Waals surface area contributed by atoms with E-state index in [1.807, 2.05) is 42.5 Å². The van der Waals surface area contributed by atoms with Gasteiger partial charge in [-0.3, -0.25) is 0 Å². The molecule has 0 saturated heterocycles. The molecule has 0 heterocycles. The summed E-state index contributed by atoms with van der Waals surface area (Å²) in [4.78, 5) is 28.2. The van der Waals surface area contributed by atoms with Gasteiger partial charge in [-0.15, -0.1) is 46.4 Å². The number of nitrogens with zero attached hydrogens (tertiary/aromatic N) is 2. The maximum atomic E-state index is 12.6. The highest BCUT2D eigenvalue weighted by molar-refractivity contribution is 6.19. The zero-order chi connectivity index (χ0) is 30.3. The first-order valence-corrected chi connectivity index (χ1v) is 15.8. The summed E-state index contributed by atoms with van der Waals surface area (Å²) in [5.41, 5.74) is 5.12. The Kier molecular flexibility index (Phi) is 14.3. The van der Waals surface area contributed by atoms with Crippen LogP contribution in [0.2, 0.25) is 0 Å². The summed E-state index contributed by atoms with van der Waals surface area (Å²) in [7, 11) is 0. The van der Waals surface area contributed by atoms with Gasteiger partial charge in [-0.05, 0) is 58.5 Å². The number of allylic oxidation sites excluding steroid dienone is 1. The van der Waals surface area contributed by atoms with Gasteiger partial charge in [-0.25, -0.2) is 9.59 Å². The minimum absolute atomic E-state index is 0.287. The van der Waals surface area contributed by atoms with Crippen molar-refractivity contribution in [1.82, 2.24) is 9.80 Å². The van der Waals surface area contributed by atoms with Crippen LogP contribution in [0, 0.1) is 0 Å². The van der Waals surface area contributed by atoms with Crippen molar-refractivity contribution in [2.45, 2.75) is 13.3 Å². The van der Waals surface area contributed by atoms with E-state index in [0.717, 1.165) is 34.3 Å². The van der Waals surface area contributed by atoms with Gasteiger partial charge in [-0.1, -0.05) is 61.5 Å². The molecule has 0 spiro atoms. The molecule has 0 radical (unpaired) electrons. The summed E-state index contributed by atoms with van der Waals surface area (Å²) in [6.07, 6.45) is -0.233. The molecule has 0 aliphatic carbocycles. The van der Waals surface area contributed by atoms with Crippen molar-refractivity contribution in [3.63, 3.8) is 0 Å². The molecule has 0 aliphatic rings. The third-order valence-electron chi connectivity index (χ3n) is 6.41. The summed E-state index contributed by atoms with van der Waals surface area (Å²) in [5, 5.41) is 0. The van der Waals surface area contributed by atoms with Crippen LogP contribution < -0.4 is 9.47 Å². The van der Waals surface area contributed by atoms with Crippen LogP contribution in [-0.2, 0) is 0 Å². The topological polar surface area (TPSA) is 59.1 Å². The highest BCUT2D eigenvalue weighted by atomic mass is 35.5. The van der Waals surface area contributed by atoms with E-state index < -0.39 is 12.2 Å². The molecular formula is C32H34Cl4N2O4. The van der Waals surface area contributed by atoms with Crippen LogP contribution in [0.25, 0.3) is 11.1 Å². The second-order valence-corrected chi connectivity index (χ2v) is 10.6. The summed E-state index contributed by atoms with van der Waals surface area (Å²) in [6.45, 7) is 3.49. The summed E-state index contributed by atoms with van der Waals surface area (Å²) in [6, 6.07) is 24.9. The molecule has 0 saturated carbocycles. The SMILES string of the molecule is CCC(=C(c1ccc(OC(=O)N(CCCl)CCCl)cc1)c1ccc(OC(=O)N(CCCl)CCCl)cc1)c1ccccc1. The Labute approximate surface area is 267 Å².